The van der Waals surface area contributed by atoms with Gasteiger partial charge in [-0.05, 0) is 50.9 Å². The molecule has 1 saturated heterocycles. The number of likely N-dealkylation sites (tertiary alicyclic amines) is 1. The summed E-state index contributed by atoms with van der Waals surface area (Å²) in [6.45, 7) is 6.12. The van der Waals surface area contributed by atoms with Crippen LogP contribution >= 0.6 is 11.3 Å². The molecule has 0 spiro atoms. The topological polar surface area (TPSA) is 66.8 Å². The van der Waals surface area contributed by atoms with E-state index in [9.17, 15) is 5.11 Å². The highest BCUT2D eigenvalue weighted by Gasteiger charge is 2.32. The van der Waals surface area contributed by atoms with Gasteiger partial charge in [0.15, 0.2) is 0 Å². The number of hydrogen-bond acceptors (Lipinski definition) is 6. The number of aromatic nitrogens is 3. The maximum absolute atomic E-state index is 10.7. The maximum atomic E-state index is 10.7. The lowest BCUT2D eigenvalue weighted by Gasteiger charge is -2.35. The molecule has 0 aromatic carbocycles. The molecule has 3 aromatic heterocycles. The van der Waals surface area contributed by atoms with Crippen LogP contribution in [0.25, 0.3) is 4.96 Å². The molecule has 23 heavy (non-hydrogen) atoms. The summed E-state index contributed by atoms with van der Waals surface area (Å²) in [7, 11) is 0. The van der Waals surface area contributed by atoms with Gasteiger partial charge in [-0.15, -0.1) is 5.10 Å². The zero-order valence-corrected chi connectivity index (χ0v) is 14.1. The van der Waals surface area contributed by atoms with Crippen LogP contribution < -0.4 is 0 Å². The summed E-state index contributed by atoms with van der Waals surface area (Å²) in [5, 5.41) is 14.9. The highest BCUT2D eigenvalue weighted by atomic mass is 32.1. The molecular formula is C16H20N4O2S. The van der Waals surface area contributed by atoms with Crippen molar-refractivity contribution in [3.8, 4) is 5.88 Å². The molecule has 6 nitrogen and oxygen atoms in total. The normalized spacial score (nSPS) is 18.7. The van der Waals surface area contributed by atoms with E-state index in [2.05, 4.69) is 21.9 Å². The van der Waals surface area contributed by atoms with Gasteiger partial charge in [-0.25, -0.2) is 4.98 Å². The van der Waals surface area contributed by atoms with Crippen LogP contribution in [0, 0.1) is 12.8 Å². The third-order valence-corrected chi connectivity index (χ3v) is 5.62. The van der Waals surface area contributed by atoms with Crippen LogP contribution in [0.15, 0.2) is 22.8 Å². The lowest BCUT2D eigenvalue weighted by atomic mass is 9.97. The van der Waals surface area contributed by atoms with Crippen LogP contribution in [0.4, 0.5) is 0 Å². The van der Waals surface area contributed by atoms with E-state index in [0.717, 1.165) is 47.4 Å². The molecule has 0 unspecified atom stereocenters. The molecular weight excluding hydrogens is 312 g/mol. The maximum Gasteiger partial charge on any atom is 0.230 e. The standard InChI is InChI=1S/C16H20N4O2S/c1-10-5-7-19(8-6-10)13(12-4-3-9-22-12)14-15(21)20-16(23-14)17-11(2)18-20/h3-4,9-10,13,21H,5-8H2,1-2H3/t13-/m1/s1. The first kappa shape index (κ1) is 14.7. The van der Waals surface area contributed by atoms with E-state index in [0.29, 0.717) is 5.82 Å². The van der Waals surface area contributed by atoms with Gasteiger partial charge in [0.2, 0.25) is 10.8 Å². The number of piperidine rings is 1. The summed E-state index contributed by atoms with van der Waals surface area (Å²) in [6.07, 6.45) is 4.02. The van der Waals surface area contributed by atoms with Crippen molar-refractivity contribution in [3.63, 3.8) is 0 Å². The molecule has 4 rings (SSSR count). The van der Waals surface area contributed by atoms with Crippen molar-refractivity contribution in [2.75, 3.05) is 13.1 Å². The van der Waals surface area contributed by atoms with Gasteiger partial charge in [0.1, 0.15) is 17.6 Å². The van der Waals surface area contributed by atoms with Crippen LogP contribution in [-0.4, -0.2) is 37.7 Å². The number of aryl methyl sites for hydroxylation is 1. The molecule has 1 aliphatic heterocycles. The number of thiazole rings is 1. The fraction of sp³-hybridized carbons (Fsp3) is 0.500. The second-order valence-electron chi connectivity index (χ2n) is 6.28. The number of aromatic hydroxyl groups is 1. The predicted molar refractivity (Wildman–Crippen MR) is 87.8 cm³/mol. The number of furan rings is 1. The van der Waals surface area contributed by atoms with Gasteiger partial charge in [-0.1, -0.05) is 18.3 Å². The molecule has 1 N–H and O–H groups in total. The molecule has 122 valence electrons. The smallest absolute Gasteiger partial charge is 0.230 e. The number of nitrogens with zero attached hydrogens (tertiary/aromatic N) is 4. The molecule has 0 bridgehead atoms. The lowest BCUT2D eigenvalue weighted by molar-refractivity contribution is 0.144. The van der Waals surface area contributed by atoms with Gasteiger partial charge in [-0.3, -0.25) is 4.90 Å². The van der Waals surface area contributed by atoms with Crippen LogP contribution in [0.2, 0.25) is 0 Å². The molecule has 4 heterocycles. The van der Waals surface area contributed by atoms with Gasteiger partial charge >= 0.3 is 0 Å². The first-order chi connectivity index (χ1) is 11.1. The summed E-state index contributed by atoms with van der Waals surface area (Å²) in [6, 6.07) is 3.79. The minimum absolute atomic E-state index is 0.0775. The quantitative estimate of drug-likeness (QED) is 0.798. The molecule has 7 heteroatoms. The average molecular weight is 332 g/mol. The fourth-order valence-electron chi connectivity index (χ4n) is 3.23. The van der Waals surface area contributed by atoms with E-state index in [1.807, 2.05) is 19.1 Å². The Bertz CT molecular complexity index is 800. The highest BCUT2D eigenvalue weighted by Crippen LogP contribution is 2.41. The Morgan fingerprint density at radius 3 is 2.83 bits per heavy atom. The first-order valence-corrected chi connectivity index (χ1v) is 8.77. The average Bonchev–Trinajstić information content (AvgIpc) is 3.22. The van der Waals surface area contributed by atoms with Gasteiger partial charge < -0.3 is 9.52 Å². The van der Waals surface area contributed by atoms with Gasteiger partial charge in [0.25, 0.3) is 0 Å². The van der Waals surface area contributed by atoms with Crippen LogP contribution in [0.3, 0.4) is 0 Å². The van der Waals surface area contributed by atoms with Crippen LogP contribution in [-0.2, 0) is 0 Å². The van der Waals surface area contributed by atoms with E-state index in [1.165, 1.54) is 15.9 Å². The Morgan fingerprint density at radius 1 is 1.39 bits per heavy atom. The monoisotopic (exact) mass is 332 g/mol. The minimum atomic E-state index is -0.0775. The number of rotatable bonds is 3. The lowest BCUT2D eigenvalue weighted by Crippen LogP contribution is -2.36. The van der Waals surface area contributed by atoms with Gasteiger partial charge in [0, 0.05) is 0 Å². The largest absolute Gasteiger partial charge is 0.492 e. The zero-order valence-electron chi connectivity index (χ0n) is 13.3. The van der Waals surface area contributed by atoms with E-state index in [4.69, 9.17) is 4.42 Å². The molecule has 0 radical (unpaired) electrons. The van der Waals surface area contributed by atoms with E-state index in [-0.39, 0.29) is 11.9 Å². The Labute approximate surface area is 138 Å². The molecule has 0 saturated carbocycles. The molecule has 0 aliphatic carbocycles. The van der Waals surface area contributed by atoms with E-state index in [1.54, 1.807) is 6.26 Å². The van der Waals surface area contributed by atoms with Crippen molar-refractivity contribution in [2.45, 2.75) is 32.7 Å². The zero-order chi connectivity index (χ0) is 16.0. The molecule has 0 amide bonds. The number of fused-ring (bicyclic) bond motifs is 1. The van der Waals surface area contributed by atoms with Crippen molar-refractivity contribution in [1.82, 2.24) is 19.5 Å². The Kier molecular flexibility index (Phi) is 3.61. The summed E-state index contributed by atoms with van der Waals surface area (Å²) < 4.78 is 7.21. The summed E-state index contributed by atoms with van der Waals surface area (Å²) in [5.41, 5.74) is 0. The van der Waals surface area contributed by atoms with Crippen molar-refractivity contribution < 1.29 is 9.52 Å². The van der Waals surface area contributed by atoms with Gasteiger partial charge in [-0.2, -0.15) is 4.52 Å². The van der Waals surface area contributed by atoms with Crippen molar-refractivity contribution in [1.29, 1.82) is 0 Å². The van der Waals surface area contributed by atoms with Crippen molar-refractivity contribution in [3.05, 3.63) is 34.9 Å². The summed E-state index contributed by atoms with van der Waals surface area (Å²) >= 11 is 1.48. The van der Waals surface area contributed by atoms with E-state index < -0.39 is 0 Å². The Hall–Kier alpha value is -1.86. The number of hydrogen-bond donors (Lipinski definition) is 1. The molecule has 1 atom stereocenters. The fourth-order valence-corrected chi connectivity index (χ4v) is 4.38. The summed E-state index contributed by atoms with van der Waals surface area (Å²) in [5.74, 6) is 2.45. The molecule has 1 aliphatic rings. The SMILES string of the molecule is Cc1nc2sc([C@@H](c3ccco3)N3CCC(C)CC3)c(O)n2n1. The highest BCUT2D eigenvalue weighted by molar-refractivity contribution is 7.17. The predicted octanol–water partition coefficient (Wildman–Crippen LogP) is 3.22. The minimum Gasteiger partial charge on any atom is -0.492 e. The van der Waals surface area contributed by atoms with Crippen molar-refractivity contribution in [2.24, 2.45) is 5.92 Å². The molecule has 3 aromatic rings. The van der Waals surface area contributed by atoms with Gasteiger partial charge in [0.05, 0.1) is 11.1 Å². The third kappa shape index (κ3) is 2.53. The van der Waals surface area contributed by atoms with Crippen LogP contribution in [0.5, 0.6) is 5.88 Å². The third-order valence-electron chi connectivity index (χ3n) is 4.55. The van der Waals surface area contributed by atoms with Crippen molar-refractivity contribution >= 4 is 16.3 Å². The Morgan fingerprint density at radius 2 is 2.17 bits per heavy atom. The first-order valence-electron chi connectivity index (χ1n) is 7.96. The second kappa shape index (κ2) is 5.65. The second-order valence-corrected chi connectivity index (χ2v) is 7.29. The molecule has 1 fully saturated rings. The van der Waals surface area contributed by atoms with E-state index >= 15 is 0 Å². The van der Waals surface area contributed by atoms with Crippen LogP contribution in [0.1, 0.15) is 42.3 Å². The summed E-state index contributed by atoms with van der Waals surface area (Å²) in [4.78, 5) is 8.33. The Balaban J connectivity index is 1.77.